The number of likely N-dealkylation sites (tertiary alicyclic amines) is 1. The molecule has 3 aromatic carbocycles. The van der Waals surface area contributed by atoms with Crippen molar-refractivity contribution in [1.29, 1.82) is 0 Å². The van der Waals surface area contributed by atoms with Crippen molar-refractivity contribution in [3.8, 4) is 5.75 Å². The molecule has 2 fully saturated rings. The molecule has 0 amide bonds. The van der Waals surface area contributed by atoms with Gasteiger partial charge in [0.15, 0.2) is 11.6 Å². The van der Waals surface area contributed by atoms with Gasteiger partial charge >= 0.3 is 5.97 Å². The second-order valence-electron chi connectivity index (χ2n) is 11.6. The number of ether oxygens (including phenoxy) is 3. The summed E-state index contributed by atoms with van der Waals surface area (Å²) in [5.41, 5.74) is 3.88. The lowest BCUT2D eigenvalue weighted by Gasteiger charge is -2.33. The average Bonchev–Trinajstić information content (AvgIpc) is 3.59. The molecule has 234 valence electrons. The minimum absolute atomic E-state index is 0.00597. The Kier molecular flexibility index (Phi) is 8.20. The molecule has 7 rings (SSSR count). The van der Waals surface area contributed by atoms with Gasteiger partial charge in [0, 0.05) is 29.2 Å². The third-order valence-corrected chi connectivity index (χ3v) is 9.20. The van der Waals surface area contributed by atoms with Gasteiger partial charge in [-0.15, -0.1) is 0 Å². The standard InChI is InChI=1S/C34H32ClF2N3O5/c1-42-34(41)21-6-8-28-29(15-21)40(17-23-11-14-43-23)31(38-28)18-39-12-9-20(10-13-39)24-3-2-4-27(36)33(24)44-19-22-5-7-26(35)25-16-30(37)45-32(22)25/h2-8,15-16,20,23H,9-14,17-19H2,1H3/t23-/m0/s1. The maximum absolute atomic E-state index is 15.1. The predicted octanol–water partition coefficient (Wildman–Crippen LogP) is 7.25. The van der Waals surface area contributed by atoms with E-state index in [-0.39, 0.29) is 30.3 Å². The van der Waals surface area contributed by atoms with Crippen LogP contribution in [0.2, 0.25) is 5.02 Å². The normalized spacial score (nSPS) is 17.6. The fourth-order valence-corrected chi connectivity index (χ4v) is 6.56. The van der Waals surface area contributed by atoms with Gasteiger partial charge in [-0.3, -0.25) is 4.90 Å². The summed E-state index contributed by atoms with van der Waals surface area (Å²) in [6.45, 7) is 3.65. The Morgan fingerprint density at radius 3 is 2.67 bits per heavy atom. The average molecular weight is 636 g/mol. The van der Waals surface area contributed by atoms with Crippen LogP contribution in [0.25, 0.3) is 22.0 Å². The number of carbonyl (C=O) groups excluding carboxylic acids is 1. The molecule has 2 saturated heterocycles. The number of benzene rings is 3. The third-order valence-electron chi connectivity index (χ3n) is 8.87. The van der Waals surface area contributed by atoms with Crippen LogP contribution in [0.15, 0.2) is 59.0 Å². The number of aromatic nitrogens is 2. The Morgan fingerprint density at radius 1 is 1.09 bits per heavy atom. The van der Waals surface area contributed by atoms with E-state index >= 15 is 4.39 Å². The monoisotopic (exact) mass is 635 g/mol. The first-order chi connectivity index (χ1) is 21.9. The second kappa shape index (κ2) is 12.4. The fraction of sp³-hybridized carbons (Fsp3) is 0.353. The van der Waals surface area contributed by atoms with Crippen LogP contribution < -0.4 is 4.74 Å². The Balaban J connectivity index is 1.07. The molecule has 4 heterocycles. The minimum Gasteiger partial charge on any atom is -0.485 e. The van der Waals surface area contributed by atoms with Gasteiger partial charge in [0.05, 0.1) is 47.9 Å². The molecule has 0 aliphatic carbocycles. The number of fused-ring (bicyclic) bond motifs is 2. The molecule has 0 unspecified atom stereocenters. The molecule has 0 radical (unpaired) electrons. The van der Waals surface area contributed by atoms with E-state index in [1.807, 2.05) is 18.2 Å². The third kappa shape index (κ3) is 5.90. The number of nitrogens with zero attached hydrogens (tertiary/aromatic N) is 3. The molecule has 8 nitrogen and oxygen atoms in total. The number of para-hydroxylation sites is 1. The number of furan rings is 1. The lowest BCUT2D eigenvalue weighted by molar-refractivity contribution is -0.0592. The first kappa shape index (κ1) is 29.7. The molecule has 1 atom stereocenters. The number of hydrogen-bond acceptors (Lipinski definition) is 7. The van der Waals surface area contributed by atoms with Crippen LogP contribution in [-0.2, 0) is 29.2 Å². The van der Waals surface area contributed by atoms with Crippen molar-refractivity contribution in [2.45, 2.75) is 51.0 Å². The van der Waals surface area contributed by atoms with Crippen LogP contribution in [-0.4, -0.2) is 53.3 Å². The van der Waals surface area contributed by atoms with Gasteiger partial charge in [0.25, 0.3) is 6.01 Å². The van der Waals surface area contributed by atoms with E-state index in [2.05, 4.69) is 9.47 Å². The van der Waals surface area contributed by atoms with Crippen LogP contribution in [0.5, 0.6) is 5.75 Å². The smallest absolute Gasteiger partial charge is 0.337 e. The van der Waals surface area contributed by atoms with Crippen molar-refractivity contribution >= 4 is 39.6 Å². The molecule has 0 bridgehead atoms. The summed E-state index contributed by atoms with van der Waals surface area (Å²) in [4.78, 5) is 19.5. The SMILES string of the molecule is COC(=O)c1ccc2nc(CN3CCC(c4cccc(F)c4OCc4ccc(Cl)c5cc(F)oc45)CC3)n(C[C@@H]3CCO3)c2c1. The van der Waals surface area contributed by atoms with E-state index in [0.29, 0.717) is 40.2 Å². The molecule has 2 aliphatic rings. The topological polar surface area (TPSA) is 79.0 Å². The van der Waals surface area contributed by atoms with Crippen LogP contribution >= 0.6 is 11.6 Å². The number of carbonyl (C=O) groups is 1. The minimum atomic E-state index is -0.740. The van der Waals surface area contributed by atoms with Gasteiger partial charge in [-0.1, -0.05) is 29.8 Å². The molecule has 45 heavy (non-hydrogen) atoms. The zero-order chi connectivity index (χ0) is 31.1. The van der Waals surface area contributed by atoms with E-state index in [1.165, 1.54) is 19.2 Å². The zero-order valence-electron chi connectivity index (χ0n) is 24.7. The van der Waals surface area contributed by atoms with Gasteiger partial charge < -0.3 is 23.2 Å². The van der Waals surface area contributed by atoms with Crippen LogP contribution in [0.1, 0.15) is 52.5 Å². The van der Waals surface area contributed by atoms with Gasteiger partial charge in [-0.25, -0.2) is 14.2 Å². The molecular weight excluding hydrogens is 604 g/mol. The number of methoxy groups -OCH3 is 1. The summed E-state index contributed by atoms with van der Waals surface area (Å²) in [6.07, 6.45) is 2.73. The highest BCUT2D eigenvalue weighted by atomic mass is 35.5. The summed E-state index contributed by atoms with van der Waals surface area (Å²) in [7, 11) is 1.37. The number of imidazole rings is 1. The Hall–Kier alpha value is -3.99. The highest BCUT2D eigenvalue weighted by Crippen LogP contribution is 2.38. The highest BCUT2D eigenvalue weighted by molar-refractivity contribution is 6.35. The van der Waals surface area contributed by atoms with Crippen molar-refractivity contribution < 1.29 is 32.2 Å². The van der Waals surface area contributed by atoms with E-state index in [9.17, 15) is 9.18 Å². The largest absolute Gasteiger partial charge is 0.485 e. The Bertz CT molecular complexity index is 1880. The fourth-order valence-electron chi connectivity index (χ4n) is 6.36. The van der Waals surface area contributed by atoms with E-state index in [0.717, 1.165) is 61.4 Å². The molecule has 2 aliphatic heterocycles. The summed E-state index contributed by atoms with van der Waals surface area (Å²) in [5.74, 6) is 0.395. The lowest BCUT2D eigenvalue weighted by atomic mass is 9.88. The Labute approximate surface area is 263 Å². The number of rotatable bonds is 9. The number of piperidine rings is 1. The predicted molar refractivity (Wildman–Crippen MR) is 165 cm³/mol. The van der Waals surface area contributed by atoms with Gasteiger partial charge in [-0.05, 0) is 68.6 Å². The number of esters is 1. The molecule has 11 heteroatoms. The van der Waals surface area contributed by atoms with E-state index in [4.69, 9.17) is 35.2 Å². The van der Waals surface area contributed by atoms with E-state index in [1.54, 1.807) is 24.3 Å². The lowest BCUT2D eigenvalue weighted by Crippen LogP contribution is -2.35. The molecular formula is C34H32ClF2N3O5. The quantitative estimate of drug-likeness (QED) is 0.158. The van der Waals surface area contributed by atoms with Crippen LogP contribution in [0.3, 0.4) is 0 Å². The van der Waals surface area contributed by atoms with Gasteiger partial charge in [0.2, 0.25) is 0 Å². The Morgan fingerprint density at radius 2 is 1.91 bits per heavy atom. The summed E-state index contributed by atoms with van der Waals surface area (Å²) in [5, 5.41) is 0.826. The van der Waals surface area contributed by atoms with Crippen molar-refractivity contribution in [2.75, 3.05) is 26.8 Å². The second-order valence-corrected chi connectivity index (χ2v) is 12.0. The molecule has 2 aromatic heterocycles. The van der Waals surface area contributed by atoms with Crippen molar-refractivity contribution in [1.82, 2.24) is 14.5 Å². The molecule has 0 spiro atoms. The summed E-state index contributed by atoms with van der Waals surface area (Å²) < 4.78 is 53.1. The van der Waals surface area contributed by atoms with Crippen molar-refractivity contribution in [3.05, 3.63) is 94.0 Å². The maximum atomic E-state index is 15.1. The zero-order valence-corrected chi connectivity index (χ0v) is 25.5. The van der Waals surface area contributed by atoms with Gasteiger partial charge in [0.1, 0.15) is 18.0 Å². The molecule has 0 N–H and O–H groups in total. The number of hydrogen-bond donors (Lipinski definition) is 0. The summed E-state index contributed by atoms with van der Waals surface area (Å²) >= 11 is 6.20. The van der Waals surface area contributed by atoms with Crippen molar-refractivity contribution in [3.63, 3.8) is 0 Å². The molecule has 5 aromatic rings. The molecule has 0 saturated carbocycles. The first-order valence-electron chi connectivity index (χ1n) is 15.1. The van der Waals surface area contributed by atoms with Crippen LogP contribution in [0, 0.1) is 11.8 Å². The van der Waals surface area contributed by atoms with E-state index < -0.39 is 11.8 Å². The maximum Gasteiger partial charge on any atom is 0.337 e. The first-order valence-corrected chi connectivity index (χ1v) is 15.4. The van der Waals surface area contributed by atoms with Crippen LogP contribution in [0.4, 0.5) is 8.78 Å². The summed E-state index contributed by atoms with van der Waals surface area (Å²) in [6, 6.07) is 14.3. The van der Waals surface area contributed by atoms with Gasteiger partial charge in [-0.2, -0.15) is 4.39 Å². The number of halogens is 3. The van der Waals surface area contributed by atoms with Crippen molar-refractivity contribution in [2.24, 2.45) is 0 Å². The highest BCUT2D eigenvalue weighted by Gasteiger charge is 2.28.